The van der Waals surface area contributed by atoms with Gasteiger partial charge in [0.1, 0.15) is 11.3 Å². The van der Waals surface area contributed by atoms with E-state index in [9.17, 15) is 14.4 Å². The molecule has 1 amide bonds. The van der Waals surface area contributed by atoms with Crippen LogP contribution in [0.25, 0.3) is 0 Å². The molecule has 1 aromatic rings. The third-order valence-corrected chi connectivity index (χ3v) is 3.99. The van der Waals surface area contributed by atoms with Crippen molar-refractivity contribution in [3.63, 3.8) is 0 Å². The van der Waals surface area contributed by atoms with Gasteiger partial charge in [0.25, 0.3) is 5.91 Å². The van der Waals surface area contributed by atoms with E-state index in [1.165, 1.54) is 0 Å². The average molecular weight is 339 g/mol. The van der Waals surface area contributed by atoms with E-state index < -0.39 is 30.2 Å². The van der Waals surface area contributed by atoms with Crippen molar-refractivity contribution in [2.75, 3.05) is 26.9 Å². The van der Waals surface area contributed by atoms with E-state index in [0.29, 0.717) is 24.5 Å². The number of carbonyl (C=O) groups is 2. The summed E-state index contributed by atoms with van der Waals surface area (Å²) in [5.41, 5.74) is -0.504. The number of esters is 1. The second-order valence-corrected chi connectivity index (χ2v) is 5.61. The predicted octanol–water partition coefficient (Wildman–Crippen LogP) is 0.106. The number of methoxy groups -OCH3 is 1. The molecule has 2 rings (SSSR count). The molecule has 24 heavy (non-hydrogen) atoms. The van der Waals surface area contributed by atoms with Crippen LogP contribution in [0.3, 0.4) is 0 Å². The summed E-state index contributed by atoms with van der Waals surface area (Å²) < 4.78 is 15.1. The summed E-state index contributed by atoms with van der Waals surface area (Å²) in [6.07, 6.45) is 1.51. The first kappa shape index (κ1) is 18.2. The highest BCUT2D eigenvalue weighted by Crippen LogP contribution is 2.27. The molecular formula is C16H21NO7. The van der Waals surface area contributed by atoms with Crippen molar-refractivity contribution in [2.45, 2.75) is 31.7 Å². The highest BCUT2D eigenvalue weighted by molar-refractivity contribution is 5.97. The number of carbonyl (C=O) groups excluding carboxylic acids is 2. The average Bonchev–Trinajstić information content (AvgIpc) is 2.59. The van der Waals surface area contributed by atoms with E-state index in [1.54, 1.807) is 13.0 Å². The van der Waals surface area contributed by atoms with Crippen LogP contribution in [-0.4, -0.2) is 50.0 Å². The molecule has 8 heteroatoms. The lowest BCUT2D eigenvalue weighted by Gasteiger charge is -2.21. The molecule has 0 spiro atoms. The van der Waals surface area contributed by atoms with Crippen molar-refractivity contribution in [1.82, 2.24) is 5.32 Å². The molecule has 1 unspecified atom stereocenters. The molecular weight excluding hydrogens is 318 g/mol. The Bertz CT molecular complexity index is 661. The molecule has 0 aromatic carbocycles. The summed E-state index contributed by atoms with van der Waals surface area (Å²) in [5, 5.41) is 11.4. The Morgan fingerprint density at radius 1 is 1.42 bits per heavy atom. The molecule has 1 atom stereocenters. The summed E-state index contributed by atoms with van der Waals surface area (Å²) >= 11 is 0. The van der Waals surface area contributed by atoms with Crippen LogP contribution in [0.5, 0.6) is 0 Å². The van der Waals surface area contributed by atoms with Gasteiger partial charge in [-0.2, -0.15) is 0 Å². The van der Waals surface area contributed by atoms with Crippen LogP contribution in [-0.2, 0) is 14.3 Å². The Morgan fingerprint density at radius 3 is 2.62 bits per heavy atom. The fourth-order valence-electron chi connectivity index (χ4n) is 2.64. The summed E-state index contributed by atoms with van der Waals surface area (Å²) in [5.74, 6) is -0.970. The molecule has 0 bridgehead atoms. The smallest absolute Gasteiger partial charge is 0.349 e. The Hall–Kier alpha value is -2.19. The van der Waals surface area contributed by atoms with Gasteiger partial charge < -0.3 is 24.3 Å². The SMILES string of the molecule is COC(=O)C(CO)NC(=O)c1c(C)cc(C2CCOCC2)oc1=O. The summed E-state index contributed by atoms with van der Waals surface area (Å²) in [6.45, 7) is 2.20. The maximum Gasteiger partial charge on any atom is 0.349 e. The first-order valence-electron chi connectivity index (χ1n) is 7.69. The molecule has 2 heterocycles. The van der Waals surface area contributed by atoms with Crippen molar-refractivity contribution in [1.29, 1.82) is 0 Å². The maximum absolute atomic E-state index is 12.3. The minimum atomic E-state index is -1.24. The molecule has 0 radical (unpaired) electrons. The maximum atomic E-state index is 12.3. The molecule has 1 aromatic heterocycles. The number of amides is 1. The first-order valence-corrected chi connectivity index (χ1v) is 7.69. The number of hydrogen-bond donors (Lipinski definition) is 2. The van der Waals surface area contributed by atoms with Gasteiger partial charge in [-0.05, 0) is 31.4 Å². The topological polar surface area (TPSA) is 115 Å². The Labute approximate surface area is 138 Å². The van der Waals surface area contributed by atoms with Gasteiger partial charge in [0, 0.05) is 19.1 Å². The second kappa shape index (κ2) is 8.07. The number of ether oxygens (including phenoxy) is 2. The van der Waals surface area contributed by atoms with Crippen molar-refractivity contribution in [3.05, 3.63) is 33.4 Å². The molecule has 0 saturated carbocycles. The lowest BCUT2D eigenvalue weighted by molar-refractivity contribution is -0.143. The zero-order chi connectivity index (χ0) is 17.7. The summed E-state index contributed by atoms with van der Waals surface area (Å²) in [7, 11) is 1.14. The van der Waals surface area contributed by atoms with E-state index >= 15 is 0 Å². The number of aliphatic hydroxyl groups excluding tert-OH is 1. The van der Waals surface area contributed by atoms with Crippen LogP contribution >= 0.6 is 0 Å². The zero-order valence-electron chi connectivity index (χ0n) is 13.7. The number of aliphatic hydroxyl groups is 1. The normalized spacial score (nSPS) is 16.5. The molecule has 1 aliphatic rings. The Balaban J connectivity index is 2.22. The largest absolute Gasteiger partial charge is 0.467 e. The number of nitrogens with one attached hydrogen (secondary N) is 1. The van der Waals surface area contributed by atoms with Crippen LogP contribution in [0.2, 0.25) is 0 Å². The minimum Gasteiger partial charge on any atom is -0.467 e. The van der Waals surface area contributed by atoms with Gasteiger partial charge in [-0.3, -0.25) is 4.79 Å². The standard InChI is InChI=1S/C16H21NO7/c1-9-7-12(10-3-5-23-6-4-10)24-16(21)13(9)14(19)17-11(8-18)15(20)22-2/h7,10-11,18H,3-6,8H2,1-2H3,(H,17,19). The van der Waals surface area contributed by atoms with Gasteiger partial charge in [0.15, 0.2) is 6.04 Å². The van der Waals surface area contributed by atoms with E-state index in [-0.39, 0.29) is 11.5 Å². The summed E-state index contributed by atoms with van der Waals surface area (Å²) in [6, 6.07) is 0.426. The van der Waals surface area contributed by atoms with E-state index in [2.05, 4.69) is 10.1 Å². The third kappa shape index (κ3) is 4.01. The van der Waals surface area contributed by atoms with Gasteiger partial charge in [-0.15, -0.1) is 0 Å². The zero-order valence-corrected chi connectivity index (χ0v) is 13.7. The first-order chi connectivity index (χ1) is 11.5. The van der Waals surface area contributed by atoms with Crippen molar-refractivity contribution >= 4 is 11.9 Å². The molecule has 2 N–H and O–H groups in total. The van der Waals surface area contributed by atoms with Gasteiger partial charge in [-0.25, -0.2) is 9.59 Å². The van der Waals surface area contributed by atoms with Crippen LogP contribution in [0.15, 0.2) is 15.3 Å². The fraction of sp³-hybridized carbons (Fsp3) is 0.562. The highest BCUT2D eigenvalue weighted by Gasteiger charge is 2.26. The van der Waals surface area contributed by atoms with Crippen LogP contribution < -0.4 is 10.9 Å². The second-order valence-electron chi connectivity index (χ2n) is 5.61. The van der Waals surface area contributed by atoms with Gasteiger partial charge in [-0.1, -0.05) is 0 Å². The number of aryl methyl sites for hydroxylation is 1. The monoisotopic (exact) mass is 339 g/mol. The van der Waals surface area contributed by atoms with Gasteiger partial charge >= 0.3 is 11.6 Å². The molecule has 1 aliphatic heterocycles. The fourth-order valence-corrected chi connectivity index (χ4v) is 2.64. The Morgan fingerprint density at radius 2 is 2.08 bits per heavy atom. The lowest BCUT2D eigenvalue weighted by Crippen LogP contribution is -2.45. The molecule has 1 fully saturated rings. The molecule has 0 aliphatic carbocycles. The highest BCUT2D eigenvalue weighted by atomic mass is 16.5. The van der Waals surface area contributed by atoms with Crippen molar-refractivity contribution in [3.8, 4) is 0 Å². The third-order valence-electron chi connectivity index (χ3n) is 3.99. The van der Waals surface area contributed by atoms with Gasteiger partial charge in [0.2, 0.25) is 0 Å². The number of hydrogen-bond acceptors (Lipinski definition) is 7. The quantitative estimate of drug-likeness (QED) is 0.731. The molecule has 132 valence electrons. The lowest BCUT2D eigenvalue weighted by atomic mass is 9.95. The van der Waals surface area contributed by atoms with Crippen LogP contribution in [0, 0.1) is 6.92 Å². The Kier molecular flexibility index (Phi) is 6.10. The van der Waals surface area contributed by atoms with E-state index in [4.69, 9.17) is 14.3 Å². The van der Waals surface area contributed by atoms with Crippen LogP contribution in [0.4, 0.5) is 0 Å². The molecule has 1 saturated heterocycles. The van der Waals surface area contributed by atoms with Crippen LogP contribution in [0.1, 0.15) is 40.4 Å². The van der Waals surface area contributed by atoms with Crippen molar-refractivity contribution < 1.29 is 28.6 Å². The minimum absolute atomic E-state index is 0.0857. The predicted molar refractivity (Wildman–Crippen MR) is 82.9 cm³/mol. The van der Waals surface area contributed by atoms with Crippen molar-refractivity contribution in [2.24, 2.45) is 0 Å². The number of rotatable bonds is 5. The molecule has 8 nitrogen and oxygen atoms in total. The van der Waals surface area contributed by atoms with E-state index in [0.717, 1.165) is 20.0 Å². The van der Waals surface area contributed by atoms with Gasteiger partial charge in [0.05, 0.1) is 13.7 Å². The van der Waals surface area contributed by atoms with E-state index in [1.807, 2.05) is 0 Å². The summed E-state index contributed by atoms with van der Waals surface area (Å²) in [4.78, 5) is 35.9.